The summed E-state index contributed by atoms with van der Waals surface area (Å²) in [7, 11) is 3.56. The van der Waals surface area contributed by atoms with Crippen molar-refractivity contribution in [2.45, 2.75) is 13.5 Å². The van der Waals surface area contributed by atoms with E-state index in [1.165, 1.54) is 0 Å². The number of hydrogen-bond acceptors (Lipinski definition) is 2. The minimum atomic E-state index is -0.00164. The van der Waals surface area contributed by atoms with Crippen LogP contribution in [0.25, 0.3) is 0 Å². The van der Waals surface area contributed by atoms with Crippen LogP contribution in [0.4, 0.5) is 4.79 Å². The molecule has 0 radical (unpaired) electrons. The molecule has 18 heavy (non-hydrogen) atoms. The fourth-order valence-electron chi connectivity index (χ4n) is 1.59. The Morgan fingerprint density at radius 2 is 2.00 bits per heavy atom. The average Bonchev–Trinajstić information content (AvgIpc) is 2.37. The Morgan fingerprint density at radius 3 is 2.56 bits per heavy atom. The van der Waals surface area contributed by atoms with E-state index in [1.807, 2.05) is 31.2 Å². The van der Waals surface area contributed by atoms with Crippen LogP contribution in [-0.2, 0) is 6.54 Å². The van der Waals surface area contributed by atoms with Gasteiger partial charge >= 0.3 is 6.03 Å². The van der Waals surface area contributed by atoms with E-state index < -0.39 is 0 Å². The molecule has 98 valence electrons. The molecule has 0 bridgehead atoms. The first-order valence-corrected chi connectivity index (χ1v) is 6.21. The lowest BCUT2D eigenvalue weighted by atomic mass is 10.1. The number of nitrogens with zero attached hydrogens (tertiary/aromatic N) is 2. The molecule has 0 spiro atoms. The maximum Gasteiger partial charge on any atom is 0.319 e. The molecule has 0 aliphatic heterocycles. The Bertz CT molecular complexity index is 448. The monoisotopic (exact) mass is 265 g/mol. The van der Waals surface area contributed by atoms with Crippen LogP contribution in [0.1, 0.15) is 18.1 Å². The molecule has 0 aromatic heterocycles. The molecule has 0 fully saturated rings. The van der Waals surface area contributed by atoms with Crippen LogP contribution in [0.3, 0.4) is 0 Å². The number of benzene rings is 1. The van der Waals surface area contributed by atoms with Crippen LogP contribution < -0.4 is 5.73 Å². The van der Waals surface area contributed by atoms with Gasteiger partial charge in [0, 0.05) is 32.7 Å². The first kappa shape index (κ1) is 14.4. The summed E-state index contributed by atoms with van der Waals surface area (Å²) in [6.07, 6.45) is 0. The number of amides is 2. The molecular formula is C13H19N3OS. The molecule has 1 rings (SSSR count). The quantitative estimate of drug-likeness (QED) is 0.845. The van der Waals surface area contributed by atoms with E-state index in [-0.39, 0.29) is 6.03 Å². The molecule has 0 saturated carbocycles. The van der Waals surface area contributed by atoms with Crippen LogP contribution in [0.5, 0.6) is 0 Å². The van der Waals surface area contributed by atoms with E-state index >= 15 is 0 Å². The van der Waals surface area contributed by atoms with Gasteiger partial charge in [0.1, 0.15) is 4.99 Å². The Morgan fingerprint density at radius 1 is 1.33 bits per heavy atom. The summed E-state index contributed by atoms with van der Waals surface area (Å²) in [5, 5.41) is 0. The summed E-state index contributed by atoms with van der Waals surface area (Å²) >= 11 is 4.94. The van der Waals surface area contributed by atoms with E-state index in [4.69, 9.17) is 18.0 Å². The Labute approximate surface area is 113 Å². The van der Waals surface area contributed by atoms with Gasteiger partial charge in [-0.2, -0.15) is 0 Å². The number of hydrogen-bond donors (Lipinski definition) is 1. The number of rotatable bonds is 4. The van der Waals surface area contributed by atoms with Crippen molar-refractivity contribution in [1.82, 2.24) is 9.80 Å². The lowest BCUT2D eigenvalue weighted by Crippen LogP contribution is -2.38. The Hall–Kier alpha value is -1.62. The third kappa shape index (κ3) is 3.70. The zero-order chi connectivity index (χ0) is 13.7. The third-order valence-corrected chi connectivity index (χ3v) is 2.99. The molecule has 0 saturated heterocycles. The number of thiocarbonyl (C=S) groups is 1. The molecule has 0 aliphatic rings. The summed E-state index contributed by atoms with van der Waals surface area (Å²) < 4.78 is 0. The van der Waals surface area contributed by atoms with Crippen molar-refractivity contribution in [3.8, 4) is 0 Å². The summed E-state index contributed by atoms with van der Waals surface area (Å²) in [5.74, 6) is 0. The van der Waals surface area contributed by atoms with Gasteiger partial charge in [-0.15, -0.1) is 0 Å². The van der Waals surface area contributed by atoms with Crippen LogP contribution in [0.2, 0.25) is 0 Å². The zero-order valence-corrected chi connectivity index (χ0v) is 11.8. The largest absolute Gasteiger partial charge is 0.389 e. The molecule has 2 N–H and O–H groups in total. The highest BCUT2D eigenvalue weighted by atomic mass is 32.1. The average molecular weight is 265 g/mol. The third-order valence-electron chi connectivity index (χ3n) is 2.76. The van der Waals surface area contributed by atoms with Gasteiger partial charge in [0.15, 0.2) is 0 Å². The van der Waals surface area contributed by atoms with Crippen molar-refractivity contribution in [1.29, 1.82) is 0 Å². The van der Waals surface area contributed by atoms with E-state index in [1.54, 1.807) is 23.9 Å². The predicted octanol–water partition coefficient (Wildman–Crippen LogP) is 1.82. The molecule has 0 unspecified atom stereocenters. The Kier molecular flexibility index (Phi) is 5.09. The van der Waals surface area contributed by atoms with Crippen LogP contribution in [0, 0.1) is 0 Å². The van der Waals surface area contributed by atoms with Crippen molar-refractivity contribution in [3.63, 3.8) is 0 Å². The first-order chi connectivity index (χ1) is 8.45. The van der Waals surface area contributed by atoms with Crippen molar-refractivity contribution >= 4 is 23.2 Å². The van der Waals surface area contributed by atoms with Crippen LogP contribution in [0.15, 0.2) is 24.3 Å². The topological polar surface area (TPSA) is 49.6 Å². The minimum Gasteiger partial charge on any atom is -0.389 e. The highest BCUT2D eigenvalue weighted by Crippen LogP contribution is 2.08. The van der Waals surface area contributed by atoms with Crippen LogP contribution >= 0.6 is 12.2 Å². The summed E-state index contributed by atoms with van der Waals surface area (Å²) in [5.41, 5.74) is 7.43. The summed E-state index contributed by atoms with van der Waals surface area (Å²) in [6.45, 7) is 3.18. The SMILES string of the molecule is CCN(C)C(=O)N(C)Cc1cccc(C(N)=S)c1. The van der Waals surface area contributed by atoms with Crippen molar-refractivity contribution in [2.75, 3.05) is 20.6 Å². The van der Waals surface area contributed by atoms with Gasteiger partial charge in [0.25, 0.3) is 0 Å². The van der Waals surface area contributed by atoms with Gasteiger partial charge in [-0.3, -0.25) is 0 Å². The van der Waals surface area contributed by atoms with Crippen molar-refractivity contribution in [3.05, 3.63) is 35.4 Å². The summed E-state index contributed by atoms with van der Waals surface area (Å²) in [4.78, 5) is 15.6. The second-order valence-electron chi connectivity index (χ2n) is 4.22. The highest BCUT2D eigenvalue weighted by molar-refractivity contribution is 7.80. The molecule has 0 aliphatic carbocycles. The maximum absolute atomic E-state index is 11.9. The number of carbonyl (C=O) groups excluding carboxylic acids is 1. The molecule has 4 nitrogen and oxygen atoms in total. The van der Waals surface area contributed by atoms with E-state index in [0.717, 1.165) is 11.1 Å². The molecular weight excluding hydrogens is 246 g/mol. The predicted molar refractivity (Wildman–Crippen MR) is 77.5 cm³/mol. The van der Waals surface area contributed by atoms with Crippen LogP contribution in [-0.4, -0.2) is 41.5 Å². The van der Waals surface area contributed by atoms with E-state index in [0.29, 0.717) is 18.1 Å². The second-order valence-corrected chi connectivity index (χ2v) is 4.66. The number of urea groups is 1. The highest BCUT2D eigenvalue weighted by Gasteiger charge is 2.12. The zero-order valence-electron chi connectivity index (χ0n) is 11.0. The lowest BCUT2D eigenvalue weighted by Gasteiger charge is -2.24. The van der Waals surface area contributed by atoms with Gasteiger partial charge in [-0.05, 0) is 18.6 Å². The summed E-state index contributed by atoms with van der Waals surface area (Å²) in [6, 6.07) is 7.63. The Balaban J connectivity index is 2.75. The maximum atomic E-state index is 11.9. The molecule has 1 aromatic rings. The van der Waals surface area contributed by atoms with E-state index in [2.05, 4.69) is 0 Å². The molecule has 0 heterocycles. The van der Waals surface area contributed by atoms with E-state index in [9.17, 15) is 4.79 Å². The van der Waals surface area contributed by atoms with Gasteiger partial charge in [-0.25, -0.2) is 4.79 Å². The second kappa shape index (κ2) is 6.35. The van der Waals surface area contributed by atoms with Gasteiger partial charge in [0.2, 0.25) is 0 Å². The molecule has 0 atom stereocenters. The lowest BCUT2D eigenvalue weighted by molar-refractivity contribution is 0.173. The molecule has 5 heteroatoms. The van der Waals surface area contributed by atoms with Crippen molar-refractivity contribution in [2.24, 2.45) is 5.73 Å². The van der Waals surface area contributed by atoms with Crippen molar-refractivity contribution < 1.29 is 4.79 Å². The smallest absolute Gasteiger partial charge is 0.319 e. The first-order valence-electron chi connectivity index (χ1n) is 5.80. The molecule has 2 amide bonds. The molecule has 1 aromatic carbocycles. The standard InChI is InChI=1S/C13H19N3OS/c1-4-15(2)13(17)16(3)9-10-6-5-7-11(8-10)12(14)18/h5-8H,4,9H2,1-3H3,(H2,14,18). The number of carbonyl (C=O) groups is 1. The normalized spacial score (nSPS) is 9.94. The fourth-order valence-corrected chi connectivity index (χ4v) is 1.72. The fraction of sp³-hybridized carbons (Fsp3) is 0.385. The minimum absolute atomic E-state index is 0.00164. The van der Waals surface area contributed by atoms with Gasteiger partial charge in [-0.1, -0.05) is 30.4 Å². The number of nitrogens with two attached hydrogens (primary N) is 1. The van der Waals surface area contributed by atoms with Gasteiger partial charge < -0.3 is 15.5 Å². The van der Waals surface area contributed by atoms with Gasteiger partial charge in [0.05, 0.1) is 0 Å².